The summed E-state index contributed by atoms with van der Waals surface area (Å²) in [6.07, 6.45) is 4.42. The fraction of sp³-hybridized carbons (Fsp3) is 0.231. The predicted octanol–water partition coefficient (Wildman–Crippen LogP) is 4.96. The van der Waals surface area contributed by atoms with Crippen LogP contribution >= 0.6 is 12.4 Å². The average molecular weight is 447 g/mol. The first kappa shape index (κ1) is 21.9. The third kappa shape index (κ3) is 4.48. The molecule has 1 aliphatic rings. The van der Waals surface area contributed by atoms with Crippen LogP contribution in [0.3, 0.4) is 0 Å². The number of carbonyl (C=O) groups excluding carboxylic acids is 1. The van der Waals surface area contributed by atoms with Gasteiger partial charge in [0.15, 0.2) is 0 Å². The van der Waals surface area contributed by atoms with Gasteiger partial charge >= 0.3 is 0 Å². The number of halogens is 1. The van der Waals surface area contributed by atoms with Crippen LogP contribution in [-0.2, 0) is 24.3 Å². The summed E-state index contributed by atoms with van der Waals surface area (Å²) in [5.41, 5.74) is 4.68. The Labute approximate surface area is 194 Å². The van der Waals surface area contributed by atoms with Crippen molar-refractivity contribution in [2.24, 2.45) is 0 Å². The predicted molar refractivity (Wildman–Crippen MR) is 131 cm³/mol. The summed E-state index contributed by atoms with van der Waals surface area (Å²) in [6.45, 7) is 3.79. The molecule has 5 nitrogen and oxygen atoms in total. The molecular weight excluding hydrogens is 420 g/mol. The fourth-order valence-electron chi connectivity index (χ4n) is 4.62. The van der Waals surface area contributed by atoms with E-state index in [0.29, 0.717) is 6.54 Å². The molecule has 1 unspecified atom stereocenters. The number of fused-ring (bicyclic) bond motifs is 2. The summed E-state index contributed by atoms with van der Waals surface area (Å²) >= 11 is 0. The molecule has 1 aliphatic heterocycles. The minimum absolute atomic E-state index is 0. The summed E-state index contributed by atoms with van der Waals surface area (Å²) in [7, 11) is 0. The quantitative estimate of drug-likeness (QED) is 0.481. The number of aromatic nitrogens is 2. The van der Waals surface area contributed by atoms with Crippen molar-refractivity contribution in [2.75, 3.05) is 11.4 Å². The van der Waals surface area contributed by atoms with Crippen LogP contribution in [0.5, 0.6) is 0 Å². The van der Waals surface area contributed by atoms with Crippen LogP contribution in [0.15, 0.2) is 79.3 Å². The monoisotopic (exact) mass is 446 g/mol. The van der Waals surface area contributed by atoms with Gasteiger partial charge in [-0.25, -0.2) is 4.98 Å². The van der Waals surface area contributed by atoms with Gasteiger partial charge in [0.25, 0.3) is 0 Å². The summed E-state index contributed by atoms with van der Waals surface area (Å²) in [4.78, 5) is 24.6. The molecule has 0 aliphatic carbocycles. The largest absolute Gasteiger partial charge is 0.363 e. The number of carbonyl (C=O) groups is 1. The first-order valence-corrected chi connectivity index (χ1v) is 10.7. The standard InChI is InChI=1S/C26H26N4O.ClH/c1-19(31)30-15-23-12-21-9-5-6-10-22(21)13-26(23)29(16-24-14-27-18-28-24)17-25(30)11-20-7-3-2-4-8-20;/h2-10,12-14,18,25H,11,15-17H2,1H3,(H,27,28);1H. The normalized spacial score (nSPS) is 15.7. The third-order valence-corrected chi connectivity index (χ3v) is 6.13. The average Bonchev–Trinajstić information content (AvgIpc) is 3.24. The van der Waals surface area contributed by atoms with Crippen molar-refractivity contribution in [3.8, 4) is 0 Å². The molecular formula is C26H27ClN4O. The molecule has 0 spiro atoms. The van der Waals surface area contributed by atoms with E-state index in [-0.39, 0.29) is 24.4 Å². The molecule has 0 saturated heterocycles. The highest BCUT2D eigenvalue weighted by Crippen LogP contribution is 2.33. The van der Waals surface area contributed by atoms with Crippen molar-refractivity contribution in [1.82, 2.24) is 14.9 Å². The molecule has 5 rings (SSSR count). The molecule has 1 N–H and O–H groups in total. The van der Waals surface area contributed by atoms with E-state index in [9.17, 15) is 4.79 Å². The maximum Gasteiger partial charge on any atom is 0.220 e. The highest BCUT2D eigenvalue weighted by atomic mass is 35.5. The molecule has 3 aromatic carbocycles. The summed E-state index contributed by atoms with van der Waals surface area (Å²) in [5.74, 6) is 0.114. The number of aromatic amines is 1. The van der Waals surface area contributed by atoms with E-state index < -0.39 is 0 Å². The van der Waals surface area contributed by atoms with Crippen LogP contribution in [0.4, 0.5) is 5.69 Å². The van der Waals surface area contributed by atoms with Gasteiger partial charge in [-0.1, -0.05) is 54.6 Å². The van der Waals surface area contributed by atoms with Crippen molar-refractivity contribution in [2.45, 2.75) is 32.5 Å². The second-order valence-corrected chi connectivity index (χ2v) is 8.28. The van der Waals surface area contributed by atoms with E-state index in [1.54, 1.807) is 13.3 Å². The zero-order chi connectivity index (χ0) is 21.2. The van der Waals surface area contributed by atoms with Crippen LogP contribution in [0.2, 0.25) is 0 Å². The van der Waals surface area contributed by atoms with Crippen LogP contribution in [0.25, 0.3) is 10.8 Å². The Balaban J connectivity index is 0.00000245. The number of amides is 1. The molecule has 2 heterocycles. The third-order valence-electron chi connectivity index (χ3n) is 6.13. The Morgan fingerprint density at radius 1 is 1.06 bits per heavy atom. The zero-order valence-electron chi connectivity index (χ0n) is 18.1. The summed E-state index contributed by atoms with van der Waals surface area (Å²) < 4.78 is 0. The second kappa shape index (κ2) is 9.45. The molecule has 164 valence electrons. The zero-order valence-corrected chi connectivity index (χ0v) is 18.9. The SMILES string of the molecule is CC(=O)N1Cc2cc3ccccc3cc2N(Cc2cnc[nH]2)CC1Cc1ccccc1.Cl. The lowest BCUT2D eigenvalue weighted by molar-refractivity contribution is -0.131. The molecule has 0 bridgehead atoms. The number of nitrogens with zero attached hydrogens (tertiary/aromatic N) is 3. The summed E-state index contributed by atoms with van der Waals surface area (Å²) in [5, 5.41) is 2.42. The topological polar surface area (TPSA) is 52.2 Å². The number of H-pyrrole nitrogens is 1. The van der Waals surface area contributed by atoms with Gasteiger partial charge in [-0.15, -0.1) is 12.4 Å². The lowest BCUT2D eigenvalue weighted by Gasteiger charge is -2.32. The van der Waals surface area contributed by atoms with E-state index in [2.05, 4.69) is 75.5 Å². The van der Waals surface area contributed by atoms with E-state index in [1.165, 1.54) is 27.6 Å². The first-order valence-electron chi connectivity index (χ1n) is 10.7. The highest BCUT2D eigenvalue weighted by molar-refractivity contribution is 5.88. The van der Waals surface area contributed by atoms with Crippen LogP contribution in [-0.4, -0.2) is 33.4 Å². The van der Waals surface area contributed by atoms with E-state index >= 15 is 0 Å². The minimum atomic E-state index is 0. The van der Waals surface area contributed by atoms with Gasteiger partial charge in [0.1, 0.15) is 0 Å². The maximum atomic E-state index is 12.7. The Kier molecular flexibility index (Phi) is 6.47. The molecule has 4 aromatic rings. The van der Waals surface area contributed by atoms with E-state index in [1.807, 2.05) is 17.2 Å². The van der Waals surface area contributed by atoms with Crippen molar-refractivity contribution in [3.05, 3.63) is 96.1 Å². The second-order valence-electron chi connectivity index (χ2n) is 8.28. The van der Waals surface area contributed by atoms with Crippen LogP contribution in [0, 0.1) is 0 Å². The van der Waals surface area contributed by atoms with Crippen molar-refractivity contribution in [1.29, 1.82) is 0 Å². The van der Waals surface area contributed by atoms with Crippen LogP contribution < -0.4 is 4.90 Å². The first-order chi connectivity index (χ1) is 15.2. The van der Waals surface area contributed by atoms with Gasteiger partial charge < -0.3 is 14.8 Å². The number of rotatable bonds is 4. The van der Waals surface area contributed by atoms with Gasteiger partial charge in [-0.05, 0) is 40.5 Å². The van der Waals surface area contributed by atoms with Crippen molar-refractivity contribution >= 4 is 34.8 Å². The molecule has 0 saturated carbocycles. The lowest BCUT2D eigenvalue weighted by atomic mass is 10.0. The molecule has 1 amide bonds. The number of anilines is 1. The van der Waals surface area contributed by atoms with Gasteiger partial charge in [-0.3, -0.25) is 4.79 Å². The van der Waals surface area contributed by atoms with Gasteiger partial charge in [0.05, 0.1) is 24.6 Å². The minimum Gasteiger partial charge on any atom is -0.363 e. The number of hydrogen-bond donors (Lipinski definition) is 1. The van der Waals surface area contributed by atoms with Crippen molar-refractivity contribution < 1.29 is 4.79 Å². The van der Waals surface area contributed by atoms with Crippen molar-refractivity contribution in [3.63, 3.8) is 0 Å². The smallest absolute Gasteiger partial charge is 0.220 e. The number of nitrogens with one attached hydrogen (secondary N) is 1. The van der Waals surface area contributed by atoms with Gasteiger partial charge in [-0.2, -0.15) is 0 Å². The fourth-order valence-corrected chi connectivity index (χ4v) is 4.62. The molecule has 1 aromatic heterocycles. The number of imidazole rings is 1. The number of benzene rings is 3. The maximum absolute atomic E-state index is 12.7. The summed E-state index contributed by atoms with van der Waals surface area (Å²) in [6, 6.07) is 23.5. The van der Waals surface area contributed by atoms with Gasteiger partial charge in [0, 0.05) is 31.9 Å². The Hall–Kier alpha value is -3.31. The molecule has 6 heteroatoms. The highest BCUT2D eigenvalue weighted by Gasteiger charge is 2.30. The van der Waals surface area contributed by atoms with E-state index in [4.69, 9.17) is 0 Å². The number of hydrogen-bond acceptors (Lipinski definition) is 3. The van der Waals surface area contributed by atoms with Crippen LogP contribution in [0.1, 0.15) is 23.7 Å². The Bertz CT molecular complexity index is 1190. The molecule has 1 atom stereocenters. The molecule has 32 heavy (non-hydrogen) atoms. The lowest BCUT2D eigenvalue weighted by Crippen LogP contribution is -2.44. The van der Waals surface area contributed by atoms with Gasteiger partial charge in [0.2, 0.25) is 5.91 Å². The van der Waals surface area contributed by atoms with E-state index in [0.717, 1.165) is 25.2 Å². The molecule has 0 radical (unpaired) electrons. The Morgan fingerprint density at radius 2 is 1.78 bits per heavy atom. The Morgan fingerprint density at radius 3 is 2.47 bits per heavy atom. The molecule has 0 fully saturated rings.